The van der Waals surface area contributed by atoms with E-state index in [1.807, 2.05) is 0 Å². The van der Waals surface area contributed by atoms with Gasteiger partial charge >= 0.3 is 5.97 Å². The second-order valence-electron chi connectivity index (χ2n) is 7.10. The highest BCUT2D eigenvalue weighted by molar-refractivity contribution is 7.07. The van der Waals surface area contributed by atoms with Crippen LogP contribution in [0, 0.1) is 5.92 Å². The molecular formula is C17H27N3O2S. The lowest BCUT2D eigenvalue weighted by Gasteiger charge is -2.41. The topological polar surface area (TPSA) is 47.0 Å². The van der Waals surface area contributed by atoms with Gasteiger partial charge in [0, 0.05) is 57.9 Å². The van der Waals surface area contributed by atoms with Gasteiger partial charge in [0.05, 0.1) is 5.92 Å². The van der Waals surface area contributed by atoms with Gasteiger partial charge in [-0.25, -0.2) is 0 Å². The Morgan fingerprint density at radius 2 is 2.13 bits per heavy atom. The minimum absolute atomic E-state index is 0.272. The SMILES string of the molecule is CC(C)N1CC(C(=O)O)CN2CCN(Cc3ccsc3)CC2C1. The minimum Gasteiger partial charge on any atom is -0.481 e. The van der Waals surface area contributed by atoms with Gasteiger partial charge in [0.2, 0.25) is 0 Å². The Morgan fingerprint density at radius 3 is 2.78 bits per heavy atom. The Bertz CT molecular complexity index is 520. The first-order valence-corrected chi connectivity index (χ1v) is 9.41. The van der Waals surface area contributed by atoms with Crippen LogP contribution in [-0.2, 0) is 11.3 Å². The van der Waals surface area contributed by atoms with Crippen LogP contribution in [0.2, 0.25) is 0 Å². The molecule has 0 aliphatic carbocycles. The molecule has 2 saturated heterocycles. The van der Waals surface area contributed by atoms with Crippen molar-refractivity contribution >= 4 is 17.3 Å². The van der Waals surface area contributed by atoms with Gasteiger partial charge in [-0.05, 0) is 36.2 Å². The van der Waals surface area contributed by atoms with Gasteiger partial charge in [-0.3, -0.25) is 19.5 Å². The average molecular weight is 337 g/mol. The normalized spacial score (nSPS) is 27.8. The number of aliphatic carboxylic acids is 1. The third-order valence-corrected chi connectivity index (χ3v) is 5.84. The van der Waals surface area contributed by atoms with Crippen LogP contribution < -0.4 is 0 Å². The number of piperazine rings is 1. The monoisotopic (exact) mass is 337 g/mol. The lowest BCUT2D eigenvalue weighted by Crippen LogP contribution is -2.56. The van der Waals surface area contributed by atoms with Crippen LogP contribution in [0.1, 0.15) is 19.4 Å². The molecule has 3 rings (SSSR count). The van der Waals surface area contributed by atoms with Crippen LogP contribution in [0.3, 0.4) is 0 Å². The molecule has 0 spiro atoms. The van der Waals surface area contributed by atoms with Crippen molar-refractivity contribution in [1.29, 1.82) is 0 Å². The molecule has 6 heteroatoms. The second-order valence-corrected chi connectivity index (χ2v) is 7.88. The van der Waals surface area contributed by atoms with E-state index in [1.54, 1.807) is 11.3 Å². The van der Waals surface area contributed by atoms with Gasteiger partial charge in [-0.2, -0.15) is 11.3 Å². The maximum atomic E-state index is 11.6. The molecule has 2 aliphatic heterocycles. The van der Waals surface area contributed by atoms with Crippen molar-refractivity contribution < 1.29 is 9.90 Å². The minimum atomic E-state index is -0.656. The highest BCUT2D eigenvalue weighted by Crippen LogP contribution is 2.22. The van der Waals surface area contributed by atoms with Crippen LogP contribution in [0.25, 0.3) is 0 Å². The van der Waals surface area contributed by atoms with Crippen molar-refractivity contribution in [3.05, 3.63) is 22.4 Å². The lowest BCUT2D eigenvalue weighted by molar-refractivity contribution is -0.142. The van der Waals surface area contributed by atoms with Gasteiger partial charge in [-0.1, -0.05) is 0 Å². The predicted molar refractivity (Wildman–Crippen MR) is 92.8 cm³/mol. The summed E-state index contributed by atoms with van der Waals surface area (Å²) < 4.78 is 0. The molecule has 2 aliphatic rings. The quantitative estimate of drug-likeness (QED) is 0.905. The summed E-state index contributed by atoms with van der Waals surface area (Å²) in [6, 6.07) is 3.03. The van der Waals surface area contributed by atoms with E-state index in [-0.39, 0.29) is 5.92 Å². The molecule has 2 unspecified atom stereocenters. The van der Waals surface area contributed by atoms with Crippen LogP contribution >= 0.6 is 11.3 Å². The fraction of sp³-hybridized carbons (Fsp3) is 0.706. The maximum Gasteiger partial charge on any atom is 0.309 e. The maximum absolute atomic E-state index is 11.6. The number of carboxylic acids is 1. The summed E-state index contributed by atoms with van der Waals surface area (Å²) in [7, 11) is 0. The fourth-order valence-electron chi connectivity index (χ4n) is 3.70. The summed E-state index contributed by atoms with van der Waals surface area (Å²) in [4.78, 5) is 18.8. The molecule has 3 heterocycles. The molecule has 1 aromatic rings. The Hall–Kier alpha value is -0.950. The number of nitrogens with zero attached hydrogens (tertiary/aromatic N) is 3. The van der Waals surface area contributed by atoms with E-state index in [9.17, 15) is 9.90 Å². The third-order valence-electron chi connectivity index (χ3n) is 5.11. The highest BCUT2D eigenvalue weighted by Gasteiger charge is 2.36. The van der Waals surface area contributed by atoms with E-state index >= 15 is 0 Å². The van der Waals surface area contributed by atoms with Crippen LogP contribution in [0.4, 0.5) is 0 Å². The summed E-state index contributed by atoms with van der Waals surface area (Å²) in [6.07, 6.45) is 0. The zero-order valence-corrected chi connectivity index (χ0v) is 14.8. The number of carbonyl (C=O) groups is 1. The number of thiophene rings is 1. The van der Waals surface area contributed by atoms with Crippen molar-refractivity contribution in [2.45, 2.75) is 32.5 Å². The average Bonchev–Trinajstić information content (AvgIpc) is 2.92. The molecule has 2 atom stereocenters. The van der Waals surface area contributed by atoms with Crippen molar-refractivity contribution in [2.75, 3.05) is 39.3 Å². The Labute approximate surface area is 142 Å². The van der Waals surface area contributed by atoms with E-state index < -0.39 is 5.97 Å². The van der Waals surface area contributed by atoms with Gasteiger partial charge in [0.15, 0.2) is 0 Å². The molecule has 128 valence electrons. The number of carboxylic acid groups (broad SMARTS) is 1. The first-order valence-electron chi connectivity index (χ1n) is 8.47. The van der Waals surface area contributed by atoms with Crippen molar-refractivity contribution in [1.82, 2.24) is 14.7 Å². The molecular weight excluding hydrogens is 310 g/mol. The number of fused-ring (bicyclic) bond motifs is 1. The second kappa shape index (κ2) is 7.30. The van der Waals surface area contributed by atoms with E-state index in [0.29, 0.717) is 25.2 Å². The summed E-state index contributed by atoms with van der Waals surface area (Å²) in [5.74, 6) is -0.928. The fourth-order valence-corrected chi connectivity index (χ4v) is 4.36. The highest BCUT2D eigenvalue weighted by atomic mass is 32.1. The van der Waals surface area contributed by atoms with Crippen molar-refractivity contribution in [2.24, 2.45) is 5.92 Å². The molecule has 0 radical (unpaired) electrons. The zero-order chi connectivity index (χ0) is 16.4. The third kappa shape index (κ3) is 4.12. The van der Waals surface area contributed by atoms with Gasteiger partial charge in [-0.15, -0.1) is 0 Å². The molecule has 1 N–H and O–H groups in total. The summed E-state index contributed by atoms with van der Waals surface area (Å²) in [5, 5.41) is 13.9. The van der Waals surface area contributed by atoms with Gasteiger partial charge in [0.1, 0.15) is 0 Å². The summed E-state index contributed by atoms with van der Waals surface area (Å²) in [6.45, 7) is 10.7. The summed E-state index contributed by atoms with van der Waals surface area (Å²) in [5.41, 5.74) is 1.39. The van der Waals surface area contributed by atoms with Crippen LogP contribution in [0.5, 0.6) is 0 Å². The first kappa shape index (κ1) is 16.9. The molecule has 0 bridgehead atoms. The molecule has 1 aromatic heterocycles. The zero-order valence-electron chi connectivity index (χ0n) is 14.0. The van der Waals surface area contributed by atoms with Crippen LogP contribution in [-0.4, -0.2) is 77.1 Å². The Balaban J connectivity index is 1.68. The molecule has 0 saturated carbocycles. The van der Waals surface area contributed by atoms with E-state index in [0.717, 1.165) is 32.7 Å². The Morgan fingerprint density at radius 1 is 1.30 bits per heavy atom. The van der Waals surface area contributed by atoms with Crippen molar-refractivity contribution in [3.63, 3.8) is 0 Å². The largest absolute Gasteiger partial charge is 0.481 e. The molecule has 23 heavy (non-hydrogen) atoms. The predicted octanol–water partition coefficient (Wildman–Crippen LogP) is 1.66. The smallest absolute Gasteiger partial charge is 0.309 e. The van der Waals surface area contributed by atoms with E-state index in [4.69, 9.17) is 0 Å². The van der Waals surface area contributed by atoms with E-state index in [1.165, 1.54) is 5.56 Å². The Kier molecular flexibility index (Phi) is 5.36. The molecule has 2 fully saturated rings. The molecule has 5 nitrogen and oxygen atoms in total. The van der Waals surface area contributed by atoms with Crippen LogP contribution in [0.15, 0.2) is 16.8 Å². The number of hydrogen-bond donors (Lipinski definition) is 1. The van der Waals surface area contributed by atoms with Crippen molar-refractivity contribution in [3.8, 4) is 0 Å². The van der Waals surface area contributed by atoms with Gasteiger partial charge < -0.3 is 5.11 Å². The number of rotatable bonds is 4. The molecule has 0 aromatic carbocycles. The lowest BCUT2D eigenvalue weighted by atomic mass is 10.1. The van der Waals surface area contributed by atoms with Gasteiger partial charge in [0.25, 0.3) is 0 Å². The first-order chi connectivity index (χ1) is 11.0. The van der Waals surface area contributed by atoms with E-state index in [2.05, 4.69) is 45.4 Å². The standard InChI is InChI=1S/C17H27N3O2S/c1-13(2)20-9-15(17(21)22)8-19-5-4-18(10-16(19)11-20)7-14-3-6-23-12-14/h3,6,12-13,15-16H,4-5,7-11H2,1-2H3,(H,21,22). The number of hydrogen-bond acceptors (Lipinski definition) is 5. The molecule has 0 amide bonds. The summed E-state index contributed by atoms with van der Waals surface area (Å²) >= 11 is 1.75.